The van der Waals surface area contributed by atoms with Crippen LogP contribution in [0.3, 0.4) is 0 Å². The number of carbonyl (C=O) groups excluding carboxylic acids is 1. The maximum absolute atomic E-state index is 12.5. The molecule has 1 amide bonds. The molecule has 3 aromatic carbocycles. The summed E-state index contributed by atoms with van der Waals surface area (Å²) in [5.41, 5.74) is 2.27. The Morgan fingerprint density at radius 2 is 1.67 bits per heavy atom. The van der Waals surface area contributed by atoms with Crippen molar-refractivity contribution in [2.45, 2.75) is 13.2 Å². The van der Waals surface area contributed by atoms with Gasteiger partial charge in [0.05, 0.1) is 17.2 Å². The molecule has 5 nitrogen and oxygen atoms in total. The van der Waals surface area contributed by atoms with Crippen LogP contribution in [0.2, 0.25) is 10.0 Å². The quantitative estimate of drug-likeness (QED) is 0.257. The maximum Gasteiger partial charge on any atom is 0.262 e. The van der Waals surface area contributed by atoms with E-state index in [1.165, 1.54) is 6.08 Å². The minimum Gasteiger partial charge on any atom is -0.497 e. The Balaban J connectivity index is 1.68. The third-order valence-corrected chi connectivity index (χ3v) is 5.70. The molecule has 0 bridgehead atoms. The molecule has 0 saturated carbocycles. The molecule has 33 heavy (non-hydrogen) atoms. The van der Waals surface area contributed by atoms with E-state index < -0.39 is 5.91 Å². The summed E-state index contributed by atoms with van der Waals surface area (Å²) in [7, 11) is 1.58. The number of rotatable bonds is 8. The van der Waals surface area contributed by atoms with E-state index in [1.807, 2.05) is 42.5 Å². The van der Waals surface area contributed by atoms with Crippen LogP contribution in [0.1, 0.15) is 16.7 Å². The summed E-state index contributed by atoms with van der Waals surface area (Å²) in [6.45, 7) is 0.561. The Kier molecular flexibility index (Phi) is 8.79. The Morgan fingerprint density at radius 1 is 1.06 bits per heavy atom. The maximum atomic E-state index is 12.5. The van der Waals surface area contributed by atoms with Crippen LogP contribution in [0.5, 0.6) is 11.5 Å². The average Bonchev–Trinajstić information content (AvgIpc) is 2.82. The molecule has 1 N–H and O–H groups in total. The summed E-state index contributed by atoms with van der Waals surface area (Å²) in [6, 6.07) is 20.1. The van der Waals surface area contributed by atoms with E-state index in [-0.39, 0.29) is 22.2 Å². The summed E-state index contributed by atoms with van der Waals surface area (Å²) in [5.74, 6) is 0.553. The van der Waals surface area contributed by atoms with Gasteiger partial charge in [-0.3, -0.25) is 4.79 Å². The fourth-order valence-corrected chi connectivity index (χ4v) is 3.75. The predicted molar refractivity (Wildman–Crippen MR) is 133 cm³/mol. The molecular formula is C25H19BrCl2N2O3. The van der Waals surface area contributed by atoms with Crippen molar-refractivity contribution in [3.05, 3.63) is 97.4 Å². The van der Waals surface area contributed by atoms with E-state index in [0.717, 1.165) is 21.3 Å². The SMILES string of the molecule is COc1ccc(CNC(=O)/C(C#N)=C\c2cc(Cl)c(OCc3ccc(Br)cc3)c(Cl)c2)cc1. The summed E-state index contributed by atoms with van der Waals surface area (Å²) < 4.78 is 11.9. The average molecular weight is 546 g/mol. The van der Waals surface area contributed by atoms with Crippen LogP contribution in [-0.4, -0.2) is 13.0 Å². The zero-order chi connectivity index (χ0) is 23.8. The number of nitrogens with zero attached hydrogens (tertiary/aromatic N) is 1. The van der Waals surface area contributed by atoms with Crippen molar-refractivity contribution in [2.24, 2.45) is 0 Å². The molecule has 0 aliphatic heterocycles. The van der Waals surface area contributed by atoms with E-state index in [2.05, 4.69) is 21.2 Å². The van der Waals surface area contributed by atoms with Crippen molar-refractivity contribution in [3.8, 4) is 17.6 Å². The van der Waals surface area contributed by atoms with Crippen LogP contribution in [0.4, 0.5) is 0 Å². The highest BCUT2D eigenvalue weighted by Gasteiger charge is 2.13. The van der Waals surface area contributed by atoms with Gasteiger partial charge in [-0.1, -0.05) is 63.4 Å². The lowest BCUT2D eigenvalue weighted by atomic mass is 10.1. The third kappa shape index (κ3) is 7.00. The predicted octanol–water partition coefficient (Wildman–Crippen LogP) is 6.57. The van der Waals surface area contributed by atoms with Crippen molar-refractivity contribution in [1.82, 2.24) is 5.32 Å². The largest absolute Gasteiger partial charge is 0.497 e. The number of methoxy groups -OCH3 is 1. The first-order valence-corrected chi connectivity index (χ1v) is 11.3. The Bertz CT molecular complexity index is 1180. The fourth-order valence-electron chi connectivity index (χ4n) is 2.87. The lowest BCUT2D eigenvalue weighted by Gasteiger charge is -2.11. The molecule has 0 aliphatic rings. The minimum atomic E-state index is -0.504. The Labute approximate surface area is 210 Å². The second-order valence-corrected chi connectivity index (χ2v) is 8.66. The molecule has 0 unspecified atom stereocenters. The van der Waals surface area contributed by atoms with Gasteiger partial charge in [0.15, 0.2) is 5.75 Å². The number of halogens is 3. The molecule has 3 rings (SSSR count). The first kappa shape index (κ1) is 24.7. The molecular weight excluding hydrogens is 527 g/mol. The first-order chi connectivity index (χ1) is 15.9. The number of hydrogen-bond acceptors (Lipinski definition) is 4. The van der Waals surface area contributed by atoms with E-state index in [9.17, 15) is 10.1 Å². The number of benzene rings is 3. The molecule has 3 aromatic rings. The number of hydrogen-bond donors (Lipinski definition) is 1. The summed E-state index contributed by atoms with van der Waals surface area (Å²) in [6.07, 6.45) is 1.43. The molecule has 0 fully saturated rings. The van der Waals surface area contributed by atoms with Gasteiger partial charge in [0.25, 0.3) is 5.91 Å². The monoisotopic (exact) mass is 544 g/mol. The van der Waals surface area contributed by atoms with E-state index in [4.69, 9.17) is 32.7 Å². The van der Waals surface area contributed by atoms with Crippen LogP contribution in [-0.2, 0) is 17.9 Å². The second kappa shape index (κ2) is 11.8. The van der Waals surface area contributed by atoms with Gasteiger partial charge < -0.3 is 14.8 Å². The van der Waals surface area contributed by atoms with Crippen LogP contribution < -0.4 is 14.8 Å². The van der Waals surface area contributed by atoms with Crippen molar-refractivity contribution in [3.63, 3.8) is 0 Å². The van der Waals surface area contributed by atoms with Gasteiger partial charge >= 0.3 is 0 Å². The second-order valence-electron chi connectivity index (χ2n) is 6.93. The van der Waals surface area contributed by atoms with Crippen LogP contribution in [0.15, 0.2) is 70.7 Å². The summed E-state index contributed by atoms with van der Waals surface area (Å²) in [5, 5.41) is 12.7. The number of nitrogens with one attached hydrogen (secondary N) is 1. The van der Waals surface area contributed by atoms with Gasteiger partial charge in [0.1, 0.15) is 24.0 Å². The van der Waals surface area contributed by atoms with E-state index in [0.29, 0.717) is 17.9 Å². The van der Waals surface area contributed by atoms with Gasteiger partial charge in [-0.15, -0.1) is 0 Å². The fraction of sp³-hybridized carbons (Fsp3) is 0.120. The summed E-state index contributed by atoms with van der Waals surface area (Å²) in [4.78, 5) is 12.5. The number of nitriles is 1. The smallest absolute Gasteiger partial charge is 0.262 e. The summed E-state index contributed by atoms with van der Waals surface area (Å²) >= 11 is 16.1. The van der Waals surface area contributed by atoms with Gasteiger partial charge in [-0.2, -0.15) is 5.26 Å². The Morgan fingerprint density at radius 3 is 2.24 bits per heavy atom. The van der Waals surface area contributed by atoms with Gasteiger partial charge in [-0.05, 0) is 59.2 Å². The van der Waals surface area contributed by atoms with E-state index >= 15 is 0 Å². The van der Waals surface area contributed by atoms with Crippen molar-refractivity contribution < 1.29 is 14.3 Å². The first-order valence-electron chi connectivity index (χ1n) is 9.79. The highest BCUT2D eigenvalue weighted by molar-refractivity contribution is 9.10. The van der Waals surface area contributed by atoms with Crippen molar-refractivity contribution in [1.29, 1.82) is 5.26 Å². The molecule has 8 heteroatoms. The molecule has 0 heterocycles. The number of amides is 1. The molecule has 0 aromatic heterocycles. The van der Waals surface area contributed by atoms with Crippen LogP contribution in [0.25, 0.3) is 6.08 Å². The van der Waals surface area contributed by atoms with Gasteiger partial charge in [0.2, 0.25) is 0 Å². The number of carbonyl (C=O) groups is 1. The third-order valence-electron chi connectivity index (χ3n) is 4.61. The van der Waals surface area contributed by atoms with Crippen LogP contribution >= 0.6 is 39.1 Å². The lowest BCUT2D eigenvalue weighted by Crippen LogP contribution is -2.23. The topological polar surface area (TPSA) is 71.3 Å². The van der Waals surface area contributed by atoms with Gasteiger partial charge in [-0.25, -0.2) is 0 Å². The minimum absolute atomic E-state index is 0.0702. The molecule has 0 radical (unpaired) electrons. The normalized spacial score (nSPS) is 10.9. The zero-order valence-corrected chi connectivity index (χ0v) is 20.7. The number of ether oxygens (including phenoxy) is 2. The van der Waals surface area contributed by atoms with Gasteiger partial charge in [0, 0.05) is 11.0 Å². The molecule has 0 atom stereocenters. The standard InChI is InChI=1S/C25H19BrCl2N2O3/c1-32-21-8-4-16(5-9-21)14-30-25(31)19(13-29)10-18-11-22(27)24(23(28)12-18)33-15-17-2-6-20(26)7-3-17/h2-12H,14-15H2,1H3,(H,30,31)/b19-10-. The molecule has 0 saturated heterocycles. The van der Waals surface area contributed by atoms with Crippen LogP contribution in [0, 0.1) is 11.3 Å². The zero-order valence-electron chi connectivity index (χ0n) is 17.6. The molecule has 0 spiro atoms. The van der Waals surface area contributed by atoms with E-state index in [1.54, 1.807) is 31.4 Å². The molecule has 0 aliphatic carbocycles. The highest BCUT2D eigenvalue weighted by atomic mass is 79.9. The molecule has 168 valence electrons. The lowest BCUT2D eigenvalue weighted by molar-refractivity contribution is -0.117. The highest BCUT2D eigenvalue weighted by Crippen LogP contribution is 2.35. The Hall–Kier alpha value is -2.98. The van der Waals surface area contributed by atoms with Crippen molar-refractivity contribution >= 4 is 51.1 Å². The van der Waals surface area contributed by atoms with Crippen molar-refractivity contribution in [2.75, 3.05) is 7.11 Å².